The number of carboxylic acid groups (broad SMARTS) is 1. The Morgan fingerprint density at radius 1 is 1.09 bits per heavy atom. The number of rotatable bonds is 3. The molecule has 7 heteroatoms. The second-order valence-corrected chi connectivity index (χ2v) is 4.83. The number of aromatic amines is 1. The van der Waals surface area contributed by atoms with Crippen LogP contribution in [-0.4, -0.2) is 22.4 Å². The molecule has 0 saturated heterocycles. The molecule has 0 saturated carbocycles. The fourth-order valence-electron chi connectivity index (χ4n) is 2.36. The second kappa shape index (κ2) is 5.35. The molecular formula is C16H10F3NO3. The highest BCUT2D eigenvalue weighted by Gasteiger charge is 2.31. The van der Waals surface area contributed by atoms with Crippen LogP contribution in [0.5, 0.6) is 5.75 Å². The third-order valence-electron chi connectivity index (χ3n) is 3.29. The maximum atomic E-state index is 12.2. The van der Waals surface area contributed by atoms with Gasteiger partial charge in [-0.1, -0.05) is 24.3 Å². The smallest absolute Gasteiger partial charge is 0.477 e. The number of ether oxygens (including phenoxy) is 1. The molecule has 0 spiro atoms. The number of benzene rings is 2. The van der Waals surface area contributed by atoms with E-state index in [0.29, 0.717) is 22.0 Å². The monoisotopic (exact) mass is 321 g/mol. The van der Waals surface area contributed by atoms with E-state index in [1.165, 1.54) is 30.3 Å². The molecule has 0 atom stereocenters. The molecule has 0 aliphatic heterocycles. The van der Waals surface area contributed by atoms with Gasteiger partial charge in [0.2, 0.25) is 0 Å². The van der Waals surface area contributed by atoms with Gasteiger partial charge >= 0.3 is 12.3 Å². The first-order chi connectivity index (χ1) is 10.8. The highest BCUT2D eigenvalue weighted by Crippen LogP contribution is 2.31. The zero-order chi connectivity index (χ0) is 16.6. The molecule has 4 nitrogen and oxygen atoms in total. The van der Waals surface area contributed by atoms with Gasteiger partial charge in [0.15, 0.2) is 0 Å². The van der Waals surface area contributed by atoms with Crippen LogP contribution in [0, 0.1) is 0 Å². The third kappa shape index (κ3) is 3.13. The van der Waals surface area contributed by atoms with Gasteiger partial charge in [-0.15, -0.1) is 13.2 Å². The van der Waals surface area contributed by atoms with Crippen LogP contribution in [0.3, 0.4) is 0 Å². The minimum absolute atomic E-state index is 0.0458. The number of alkyl halides is 3. The van der Waals surface area contributed by atoms with Crippen molar-refractivity contribution >= 4 is 16.9 Å². The molecule has 23 heavy (non-hydrogen) atoms. The van der Waals surface area contributed by atoms with Crippen LogP contribution in [0.15, 0.2) is 48.5 Å². The Kier molecular flexibility index (Phi) is 3.48. The summed E-state index contributed by atoms with van der Waals surface area (Å²) >= 11 is 0. The number of aromatic nitrogens is 1. The van der Waals surface area contributed by atoms with Gasteiger partial charge in [-0.25, -0.2) is 4.79 Å². The van der Waals surface area contributed by atoms with Crippen LogP contribution in [0.2, 0.25) is 0 Å². The number of hydrogen-bond acceptors (Lipinski definition) is 2. The van der Waals surface area contributed by atoms with E-state index in [9.17, 15) is 18.0 Å². The highest BCUT2D eigenvalue weighted by molar-refractivity contribution is 6.00. The number of aromatic carboxylic acids is 1. The number of hydrogen-bond donors (Lipinski definition) is 2. The molecular weight excluding hydrogens is 311 g/mol. The summed E-state index contributed by atoms with van der Waals surface area (Å²) in [6.45, 7) is 0. The average Bonchev–Trinajstić information content (AvgIpc) is 2.90. The number of fused-ring (bicyclic) bond motifs is 1. The molecule has 0 amide bonds. The number of halogens is 3. The van der Waals surface area contributed by atoms with Crippen LogP contribution < -0.4 is 4.74 Å². The van der Waals surface area contributed by atoms with E-state index in [1.807, 2.05) is 0 Å². The number of carbonyl (C=O) groups is 1. The standard InChI is InChI=1S/C16H10F3NO3/c17-16(18,19)23-10-6-4-9(5-7-10)11-2-1-3-13-12(11)8-14(20-13)15(21)22/h1-8,20H,(H,21,22). The van der Waals surface area contributed by atoms with Crippen molar-refractivity contribution in [2.24, 2.45) is 0 Å². The molecule has 3 aromatic rings. The van der Waals surface area contributed by atoms with Gasteiger partial charge in [0, 0.05) is 10.9 Å². The molecule has 1 heterocycles. The van der Waals surface area contributed by atoms with Crippen LogP contribution in [-0.2, 0) is 0 Å². The second-order valence-electron chi connectivity index (χ2n) is 4.83. The molecule has 0 fully saturated rings. The van der Waals surface area contributed by atoms with Crippen molar-refractivity contribution in [3.8, 4) is 16.9 Å². The van der Waals surface area contributed by atoms with Crippen LogP contribution in [0.25, 0.3) is 22.0 Å². The van der Waals surface area contributed by atoms with Crippen LogP contribution >= 0.6 is 0 Å². The van der Waals surface area contributed by atoms with E-state index in [1.54, 1.807) is 18.2 Å². The number of H-pyrrole nitrogens is 1. The van der Waals surface area contributed by atoms with E-state index in [-0.39, 0.29) is 11.4 Å². The average molecular weight is 321 g/mol. The molecule has 118 valence electrons. The molecule has 2 aromatic carbocycles. The molecule has 0 unspecified atom stereocenters. The summed E-state index contributed by atoms with van der Waals surface area (Å²) < 4.78 is 40.3. The Hall–Kier alpha value is -2.96. The minimum atomic E-state index is -4.74. The van der Waals surface area contributed by atoms with Crippen molar-refractivity contribution in [3.05, 3.63) is 54.2 Å². The van der Waals surface area contributed by atoms with Gasteiger partial charge in [-0.05, 0) is 35.4 Å². The van der Waals surface area contributed by atoms with Gasteiger partial charge in [0.25, 0.3) is 0 Å². The molecule has 0 bridgehead atoms. The summed E-state index contributed by atoms with van der Waals surface area (Å²) in [6, 6.07) is 12.1. The van der Waals surface area contributed by atoms with E-state index in [0.717, 1.165) is 0 Å². The van der Waals surface area contributed by atoms with Crippen molar-refractivity contribution in [2.75, 3.05) is 0 Å². The van der Waals surface area contributed by atoms with Gasteiger partial charge < -0.3 is 14.8 Å². The van der Waals surface area contributed by atoms with E-state index in [4.69, 9.17) is 5.11 Å². The first-order valence-corrected chi connectivity index (χ1v) is 6.55. The lowest BCUT2D eigenvalue weighted by atomic mass is 10.0. The first-order valence-electron chi connectivity index (χ1n) is 6.55. The van der Waals surface area contributed by atoms with Crippen molar-refractivity contribution in [2.45, 2.75) is 6.36 Å². The number of carboxylic acids is 1. The van der Waals surface area contributed by atoms with Gasteiger partial charge in [-0.2, -0.15) is 0 Å². The Labute approximate surface area is 128 Å². The van der Waals surface area contributed by atoms with Crippen molar-refractivity contribution in [1.29, 1.82) is 0 Å². The van der Waals surface area contributed by atoms with Crippen LogP contribution in [0.4, 0.5) is 13.2 Å². The predicted molar refractivity (Wildman–Crippen MR) is 77.4 cm³/mol. The van der Waals surface area contributed by atoms with Crippen molar-refractivity contribution in [3.63, 3.8) is 0 Å². The van der Waals surface area contributed by atoms with E-state index >= 15 is 0 Å². The topological polar surface area (TPSA) is 62.3 Å². The zero-order valence-corrected chi connectivity index (χ0v) is 11.5. The van der Waals surface area contributed by atoms with E-state index in [2.05, 4.69) is 9.72 Å². The lowest BCUT2D eigenvalue weighted by Crippen LogP contribution is -2.16. The molecule has 0 aliphatic rings. The van der Waals surface area contributed by atoms with Crippen LogP contribution in [0.1, 0.15) is 10.5 Å². The number of nitrogens with one attached hydrogen (secondary N) is 1. The molecule has 1 aromatic heterocycles. The summed E-state index contributed by atoms with van der Waals surface area (Å²) in [4.78, 5) is 13.8. The summed E-state index contributed by atoms with van der Waals surface area (Å²) in [6.07, 6.45) is -4.74. The fourth-order valence-corrected chi connectivity index (χ4v) is 2.36. The summed E-state index contributed by atoms with van der Waals surface area (Å²) in [7, 11) is 0. The maximum Gasteiger partial charge on any atom is 0.573 e. The third-order valence-corrected chi connectivity index (χ3v) is 3.29. The van der Waals surface area contributed by atoms with E-state index < -0.39 is 12.3 Å². The van der Waals surface area contributed by atoms with Crippen molar-refractivity contribution in [1.82, 2.24) is 4.98 Å². The summed E-state index contributed by atoms with van der Waals surface area (Å²) in [5.41, 5.74) is 2.05. The van der Waals surface area contributed by atoms with Gasteiger partial charge in [0.1, 0.15) is 11.4 Å². The molecule has 0 radical (unpaired) electrons. The maximum absolute atomic E-state index is 12.2. The highest BCUT2D eigenvalue weighted by atomic mass is 19.4. The quantitative estimate of drug-likeness (QED) is 0.750. The summed E-state index contributed by atoms with van der Waals surface area (Å²) in [5.74, 6) is -1.39. The SMILES string of the molecule is O=C(O)c1cc2c(-c3ccc(OC(F)(F)F)cc3)cccc2[nH]1. The Bertz CT molecular complexity index is 866. The first kappa shape index (κ1) is 15.0. The van der Waals surface area contributed by atoms with Crippen molar-refractivity contribution < 1.29 is 27.8 Å². The van der Waals surface area contributed by atoms with Gasteiger partial charge in [0.05, 0.1) is 0 Å². The Balaban J connectivity index is 2.01. The zero-order valence-electron chi connectivity index (χ0n) is 11.5. The normalized spacial score (nSPS) is 11.6. The minimum Gasteiger partial charge on any atom is -0.477 e. The van der Waals surface area contributed by atoms with Gasteiger partial charge in [-0.3, -0.25) is 0 Å². The Morgan fingerprint density at radius 3 is 2.39 bits per heavy atom. The summed E-state index contributed by atoms with van der Waals surface area (Å²) in [5, 5.41) is 9.71. The molecule has 3 rings (SSSR count). The molecule has 0 aliphatic carbocycles. The lowest BCUT2D eigenvalue weighted by molar-refractivity contribution is -0.274. The molecule has 2 N–H and O–H groups in total. The predicted octanol–water partition coefficient (Wildman–Crippen LogP) is 4.43. The fraction of sp³-hybridized carbons (Fsp3) is 0.0625. The Morgan fingerprint density at radius 2 is 1.78 bits per heavy atom. The largest absolute Gasteiger partial charge is 0.573 e. The lowest BCUT2D eigenvalue weighted by Gasteiger charge is -2.09.